The van der Waals surface area contributed by atoms with E-state index in [4.69, 9.17) is 4.74 Å². The Balaban J connectivity index is 1.66. The molecule has 2 aromatic carbocycles. The maximum atomic E-state index is 13.0. The predicted octanol–water partition coefficient (Wildman–Crippen LogP) is 3.66. The van der Waals surface area contributed by atoms with Crippen molar-refractivity contribution >= 4 is 22.6 Å². The van der Waals surface area contributed by atoms with Crippen molar-refractivity contribution in [1.29, 1.82) is 0 Å². The number of nitrogens with one attached hydrogen (secondary N) is 1. The number of pyridine rings is 1. The molecular weight excluding hydrogens is 380 g/mol. The number of hydrogen-bond acceptors (Lipinski definition) is 5. The minimum Gasteiger partial charge on any atom is -0.497 e. The monoisotopic (exact) mass is 400 g/mol. The van der Waals surface area contributed by atoms with Crippen LogP contribution in [0.4, 0.5) is 5.69 Å². The Morgan fingerprint density at radius 3 is 2.53 bits per heavy atom. The number of carbonyl (C=O) groups excluding carboxylic acids is 1. The summed E-state index contributed by atoms with van der Waals surface area (Å²) < 4.78 is 6.67. The molecule has 0 aliphatic carbocycles. The van der Waals surface area contributed by atoms with Crippen LogP contribution >= 0.6 is 0 Å². The van der Waals surface area contributed by atoms with Gasteiger partial charge in [0.05, 0.1) is 18.2 Å². The molecule has 0 atom stereocenters. The highest BCUT2D eigenvalue weighted by molar-refractivity contribution is 6.04. The molecule has 0 bridgehead atoms. The number of fused-ring (bicyclic) bond motifs is 1. The number of methoxy groups -OCH3 is 1. The van der Waals surface area contributed by atoms with E-state index in [1.165, 1.54) is 0 Å². The lowest BCUT2D eigenvalue weighted by atomic mass is 10.1. The highest BCUT2D eigenvalue weighted by atomic mass is 16.5. The van der Waals surface area contributed by atoms with Crippen molar-refractivity contribution in [2.45, 2.75) is 13.8 Å². The number of nitrogens with zero attached hydrogens (tertiary/aromatic N) is 3. The number of amides is 1. The summed E-state index contributed by atoms with van der Waals surface area (Å²) in [6.45, 7) is 3.65. The number of rotatable bonds is 4. The summed E-state index contributed by atoms with van der Waals surface area (Å²) in [5, 5.41) is 3.36. The lowest BCUT2D eigenvalue weighted by Crippen LogP contribution is -2.23. The number of aryl methyl sites for hydroxylation is 2. The van der Waals surface area contributed by atoms with Crippen molar-refractivity contribution in [3.63, 3.8) is 0 Å². The molecule has 7 heteroatoms. The van der Waals surface area contributed by atoms with E-state index in [-0.39, 0.29) is 11.5 Å². The Bertz CT molecular complexity index is 1310. The van der Waals surface area contributed by atoms with Crippen molar-refractivity contribution in [3.8, 4) is 11.4 Å². The molecule has 7 nitrogen and oxygen atoms in total. The smallest absolute Gasteiger partial charge is 0.267 e. The molecule has 1 N–H and O–H groups in total. The molecule has 0 fully saturated rings. The van der Waals surface area contributed by atoms with E-state index in [1.54, 1.807) is 73.3 Å². The first-order valence-corrected chi connectivity index (χ1v) is 9.39. The van der Waals surface area contributed by atoms with Crippen molar-refractivity contribution in [1.82, 2.24) is 14.5 Å². The van der Waals surface area contributed by atoms with E-state index in [1.807, 2.05) is 13.0 Å². The van der Waals surface area contributed by atoms with Crippen LogP contribution < -0.4 is 15.6 Å². The van der Waals surface area contributed by atoms with Crippen LogP contribution in [0.2, 0.25) is 0 Å². The van der Waals surface area contributed by atoms with Gasteiger partial charge >= 0.3 is 0 Å². The van der Waals surface area contributed by atoms with Gasteiger partial charge in [-0.15, -0.1) is 0 Å². The second kappa shape index (κ2) is 7.79. The Labute approximate surface area is 173 Å². The number of carbonyl (C=O) groups is 1. The van der Waals surface area contributed by atoms with E-state index in [9.17, 15) is 9.59 Å². The van der Waals surface area contributed by atoms with Gasteiger partial charge in [0.2, 0.25) is 0 Å². The molecule has 0 unspecified atom stereocenters. The Hall–Kier alpha value is -4.00. The quantitative estimate of drug-likeness (QED) is 0.565. The Kier molecular flexibility index (Phi) is 5.02. The van der Waals surface area contributed by atoms with Gasteiger partial charge in [-0.1, -0.05) is 0 Å². The molecule has 1 amide bonds. The normalized spacial score (nSPS) is 10.8. The van der Waals surface area contributed by atoms with Gasteiger partial charge in [-0.05, 0) is 74.0 Å². The number of benzene rings is 2. The zero-order valence-corrected chi connectivity index (χ0v) is 16.8. The second-order valence-electron chi connectivity index (χ2n) is 6.86. The average Bonchev–Trinajstić information content (AvgIpc) is 2.75. The minimum atomic E-state index is -0.222. The molecule has 150 valence electrons. The van der Waals surface area contributed by atoms with Crippen molar-refractivity contribution < 1.29 is 9.53 Å². The zero-order chi connectivity index (χ0) is 21.3. The fourth-order valence-corrected chi connectivity index (χ4v) is 3.29. The largest absolute Gasteiger partial charge is 0.497 e. The third-order valence-corrected chi connectivity index (χ3v) is 4.88. The third kappa shape index (κ3) is 3.53. The van der Waals surface area contributed by atoms with Crippen LogP contribution in [0.1, 0.15) is 21.7 Å². The summed E-state index contributed by atoms with van der Waals surface area (Å²) in [4.78, 5) is 34.1. The highest BCUT2D eigenvalue weighted by Crippen LogP contribution is 2.21. The molecule has 4 aromatic rings. The van der Waals surface area contributed by atoms with E-state index in [0.717, 1.165) is 5.56 Å². The minimum absolute atomic E-state index is 0.181. The summed E-state index contributed by atoms with van der Waals surface area (Å²) in [6.07, 6.45) is 1.61. The van der Waals surface area contributed by atoms with Gasteiger partial charge in [-0.3, -0.25) is 14.2 Å². The average molecular weight is 400 g/mol. The fraction of sp³-hybridized carbons (Fsp3) is 0.130. The van der Waals surface area contributed by atoms with Crippen LogP contribution in [-0.4, -0.2) is 27.6 Å². The molecule has 2 heterocycles. The summed E-state index contributed by atoms with van der Waals surface area (Å²) in [5.41, 5.74) is 2.94. The lowest BCUT2D eigenvalue weighted by molar-refractivity contribution is 0.102. The van der Waals surface area contributed by atoms with Crippen molar-refractivity contribution in [2.24, 2.45) is 0 Å². The standard InChI is InChI=1S/C23H20N4O3/c1-14-13-17(27-15(2)25-21-19(23(27)29)5-4-12-24-21)8-11-20(14)26-22(28)16-6-9-18(30-3)10-7-16/h4-13H,1-3H3,(H,26,28). The topological polar surface area (TPSA) is 86.1 Å². The second-order valence-corrected chi connectivity index (χ2v) is 6.86. The van der Waals surface area contributed by atoms with Crippen molar-refractivity contribution in [2.75, 3.05) is 12.4 Å². The number of anilines is 1. The Morgan fingerprint density at radius 1 is 1.07 bits per heavy atom. The van der Waals surface area contributed by atoms with E-state index in [2.05, 4.69) is 15.3 Å². The first-order valence-electron chi connectivity index (χ1n) is 9.39. The van der Waals surface area contributed by atoms with Crippen LogP contribution in [0.15, 0.2) is 65.6 Å². The molecule has 4 rings (SSSR count). The molecule has 0 aliphatic rings. The van der Waals surface area contributed by atoms with Crippen LogP contribution in [-0.2, 0) is 0 Å². The van der Waals surface area contributed by atoms with Crippen LogP contribution in [0.25, 0.3) is 16.7 Å². The maximum absolute atomic E-state index is 13.0. The molecular formula is C23H20N4O3. The molecule has 0 radical (unpaired) electrons. The maximum Gasteiger partial charge on any atom is 0.267 e. The van der Waals surface area contributed by atoms with Gasteiger partial charge in [0.25, 0.3) is 11.5 Å². The zero-order valence-electron chi connectivity index (χ0n) is 16.8. The highest BCUT2D eigenvalue weighted by Gasteiger charge is 2.13. The van der Waals surface area contributed by atoms with E-state index in [0.29, 0.717) is 39.5 Å². The predicted molar refractivity (Wildman–Crippen MR) is 116 cm³/mol. The summed E-state index contributed by atoms with van der Waals surface area (Å²) >= 11 is 0. The van der Waals surface area contributed by atoms with Gasteiger partial charge < -0.3 is 10.1 Å². The number of ether oxygens (including phenoxy) is 1. The molecule has 0 saturated heterocycles. The number of aromatic nitrogens is 3. The van der Waals surface area contributed by atoms with Gasteiger partial charge in [0.15, 0.2) is 5.65 Å². The van der Waals surface area contributed by atoms with Crippen LogP contribution in [0.5, 0.6) is 5.75 Å². The van der Waals surface area contributed by atoms with Gasteiger partial charge in [0.1, 0.15) is 11.6 Å². The van der Waals surface area contributed by atoms with Crippen molar-refractivity contribution in [3.05, 3.63) is 88.1 Å². The van der Waals surface area contributed by atoms with Crippen LogP contribution in [0.3, 0.4) is 0 Å². The number of hydrogen-bond donors (Lipinski definition) is 1. The lowest BCUT2D eigenvalue weighted by Gasteiger charge is -2.14. The molecule has 2 aromatic heterocycles. The Morgan fingerprint density at radius 2 is 1.83 bits per heavy atom. The first-order chi connectivity index (χ1) is 14.5. The van der Waals surface area contributed by atoms with Gasteiger partial charge in [-0.25, -0.2) is 9.97 Å². The third-order valence-electron chi connectivity index (χ3n) is 4.88. The molecule has 0 spiro atoms. The SMILES string of the molecule is COc1ccc(C(=O)Nc2ccc(-n3c(C)nc4ncccc4c3=O)cc2C)cc1. The molecule has 0 saturated carbocycles. The van der Waals surface area contributed by atoms with Gasteiger partial charge in [0, 0.05) is 17.4 Å². The van der Waals surface area contributed by atoms with E-state index >= 15 is 0 Å². The van der Waals surface area contributed by atoms with Crippen LogP contribution in [0, 0.1) is 13.8 Å². The summed E-state index contributed by atoms with van der Waals surface area (Å²) in [6, 6.07) is 15.7. The first kappa shape index (κ1) is 19.3. The van der Waals surface area contributed by atoms with Gasteiger partial charge in [-0.2, -0.15) is 0 Å². The van der Waals surface area contributed by atoms with E-state index < -0.39 is 0 Å². The molecule has 30 heavy (non-hydrogen) atoms. The summed E-state index contributed by atoms with van der Waals surface area (Å²) in [7, 11) is 1.58. The summed E-state index contributed by atoms with van der Waals surface area (Å²) in [5.74, 6) is 1.01. The fourth-order valence-electron chi connectivity index (χ4n) is 3.29. The molecule has 0 aliphatic heterocycles.